The summed E-state index contributed by atoms with van der Waals surface area (Å²) in [6.45, 7) is 6.08. The molecule has 5 nitrogen and oxygen atoms in total. The van der Waals surface area contributed by atoms with Crippen molar-refractivity contribution in [3.05, 3.63) is 0 Å². The lowest BCUT2D eigenvalue weighted by molar-refractivity contribution is 0.0479. The molecule has 0 bridgehead atoms. The minimum atomic E-state index is -0.441. The van der Waals surface area contributed by atoms with Crippen molar-refractivity contribution in [2.24, 2.45) is 17.6 Å². The second kappa shape index (κ2) is 6.81. The Labute approximate surface area is 103 Å². The lowest BCUT2D eigenvalue weighted by atomic mass is 9.91. The largest absolute Gasteiger partial charge is 0.449 e. The van der Waals surface area contributed by atoms with Crippen LogP contribution >= 0.6 is 0 Å². The molecule has 1 atom stereocenters. The number of ether oxygens (including phenoxy) is 1. The fraction of sp³-hybridized carbons (Fsp3) is 0.917. The molecule has 0 spiro atoms. The summed E-state index contributed by atoms with van der Waals surface area (Å²) in [6.07, 6.45) is 0.924. The first-order valence-electron chi connectivity index (χ1n) is 6.34. The number of amides is 1. The van der Waals surface area contributed by atoms with Gasteiger partial charge in [0.15, 0.2) is 0 Å². The van der Waals surface area contributed by atoms with E-state index in [4.69, 9.17) is 10.5 Å². The summed E-state index contributed by atoms with van der Waals surface area (Å²) in [6, 6.07) is 0. The molecule has 0 aromatic rings. The monoisotopic (exact) mass is 244 g/mol. The third kappa shape index (κ3) is 4.52. The minimum absolute atomic E-state index is 0.217. The van der Waals surface area contributed by atoms with E-state index in [2.05, 4.69) is 0 Å². The zero-order valence-corrected chi connectivity index (χ0v) is 10.8. The van der Waals surface area contributed by atoms with E-state index in [9.17, 15) is 9.90 Å². The Balaban J connectivity index is 2.28. The van der Waals surface area contributed by atoms with Crippen LogP contribution in [-0.2, 0) is 4.74 Å². The minimum Gasteiger partial charge on any atom is -0.449 e. The van der Waals surface area contributed by atoms with Crippen LogP contribution < -0.4 is 5.73 Å². The maximum Gasteiger partial charge on any atom is 0.409 e. The maximum atomic E-state index is 11.7. The van der Waals surface area contributed by atoms with Gasteiger partial charge in [-0.3, -0.25) is 0 Å². The van der Waals surface area contributed by atoms with Crippen LogP contribution in [0, 0.1) is 11.8 Å². The Morgan fingerprint density at radius 1 is 1.47 bits per heavy atom. The van der Waals surface area contributed by atoms with Gasteiger partial charge < -0.3 is 20.5 Å². The van der Waals surface area contributed by atoms with Crippen molar-refractivity contribution in [2.75, 3.05) is 26.2 Å². The van der Waals surface area contributed by atoms with E-state index in [-0.39, 0.29) is 12.0 Å². The van der Waals surface area contributed by atoms with E-state index < -0.39 is 6.10 Å². The van der Waals surface area contributed by atoms with Crippen LogP contribution in [0.15, 0.2) is 0 Å². The number of piperidine rings is 1. The molecule has 0 aromatic heterocycles. The molecule has 1 heterocycles. The third-order valence-corrected chi connectivity index (χ3v) is 3.12. The number of hydrogen-bond acceptors (Lipinski definition) is 4. The quantitative estimate of drug-likeness (QED) is 0.767. The number of nitrogens with two attached hydrogens (primary N) is 1. The van der Waals surface area contributed by atoms with E-state index in [0.717, 1.165) is 12.8 Å². The van der Waals surface area contributed by atoms with Gasteiger partial charge in [0.2, 0.25) is 0 Å². The molecule has 5 heteroatoms. The van der Waals surface area contributed by atoms with Gasteiger partial charge in [-0.25, -0.2) is 4.79 Å². The fourth-order valence-electron chi connectivity index (χ4n) is 1.99. The van der Waals surface area contributed by atoms with Crippen molar-refractivity contribution in [2.45, 2.75) is 32.8 Å². The number of aliphatic hydroxyl groups is 1. The van der Waals surface area contributed by atoms with Gasteiger partial charge in [-0.2, -0.15) is 0 Å². The summed E-state index contributed by atoms with van der Waals surface area (Å²) in [5, 5.41) is 9.62. The molecular weight excluding hydrogens is 220 g/mol. The van der Waals surface area contributed by atoms with Gasteiger partial charge in [-0.05, 0) is 24.7 Å². The smallest absolute Gasteiger partial charge is 0.409 e. The summed E-state index contributed by atoms with van der Waals surface area (Å²) in [4.78, 5) is 13.4. The van der Waals surface area contributed by atoms with Gasteiger partial charge in [-0.15, -0.1) is 0 Å². The van der Waals surface area contributed by atoms with Crippen LogP contribution in [0.3, 0.4) is 0 Å². The highest BCUT2D eigenvalue weighted by atomic mass is 16.6. The second-order valence-corrected chi connectivity index (χ2v) is 5.10. The number of nitrogens with zero attached hydrogens (tertiary/aromatic N) is 1. The zero-order chi connectivity index (χ0) is 12.8. The molecule has 1 rings (SSSR count). The van der Waals surface area contributed by atoms with Crippen LogP contribution in [0.1, 0.15) is 26.7 Å². The average Bonchev–Trinajstić information content (AvgIpc) is 2.35. The Morgan fingerprint density at radius 3 is 2.53 bits per heavy atom. The molecule has 1 aliphatic heterocycles. The van der Waals surface area contributed by atoms with Crippen molar-refractivity contribution in [3.63, 3.8) is 0 Å². The Kier molecular flexibility index (Phi) is 5.71. The maximum absolute atomic E-state index is 11.7. The van der Waals surface area contributed by atoms with Gasteiger partial charge >= 0.3 is 6.09 Å². The Hall–Kier alpha value is -0.810. The lowest BCUT2D eigenvalue weighted by Crippen LogP contribution is -2.43. The third-order valence-electron chi connectivity index (χ3n) is 3.12. The normalized spacial score (nSPS) is 19.5. The van der Waals surface area contributed by atoms with E-state index >= 15 is 0 Å². The number of hydrogen-bond donors (Lipinski definition) is 2. The molecule has 0 saturated carbocycles. The van der Waals surface area contributed by atoms with Crippen molar-refractivity contribution in [3.8, 4) is 0 Å². The molecule has 1 saturated heterocycles. The molecule has 1 unspecified atom stereocenters. The first-order valence-corrected chi connectivity index (χ1v) is 6.34. The van der Waals surface area contributed by atoms with Crippen LogP contribution in [0.25, 0.3) is 0 Å². The lowest BCUT2D eigenvalue weighted by Gasteiger charge is -2.33. The van der Waals surface area contributed by atoms with Gasteiger partial charge in [0.25, 0.3) is 0 Å². The predicted octanol–water partition coefficient (Wildman–Crippen LogP) is 0.811. The van der Waals surface area contributed by atoms with Gasteiger partial charge in [0, 0.05) is 19.6 Å². The van der Waals surface area contributed by atoms with Crippen LogP contribution in [0.4, 0.5) is 4.79 Å². The van der Waals surface area contributed by atoms with Crippen molar-refractivity contribution in [1.82, 2.24) is 4.90 Å². The molecule has 100 valence electrons. The number of rotatable bonds is 4. The second-order valence-electron chi connectivity index (χ2n) is 5.10. The summed E-state index contributed by atoms with van der Waals surface area (Å²) < 4.78 is 5.16. The molecule has 0 aromatic carbocycles. The first-order chi connectivity index (χ1) is 8.04. The fourth-order valence-corrected chi connectivity index (χ4v) is 1.99. The summed E-state index contributed by atoms with van der Waals surface area (Å²) in [7, 11) is 0. The highest BCUT2D eigenvalue weighted by Gasteiger charge is 2.27. The van der Waals surface area contributed by atoms with Gasteiger partial charge in [-0.1, -0.05) is 13.8 Å². The Morgan fingerprint density at radius 2 is 2.06 bits per heavy atom. The van der Waals surface area contributed by atoms with Crippen molar-refractivity contribution < 1.29 is 14.6 Å². The van der Waals surface area contributed by atoms with Crippen molar-refractivity contribution >= 4 is 6.09 Å². The van der Waals surface area contributed by atoms with Crippen LogP contribution in [0.2, 0.25) is 0 Å². The number of carbonyl (C=O) groups is 1. The first kappa shape index (κ1) is 14.3. The summed E-state index contributed by atoms with van der Waals surface area (Å²) >= 11 is 0. The standard InChI is InChI=1S/C12H24N2O3/c1-9(2)8-17-12(16)14-5-3-10(4-6-14)11(15)7-13/h9-11,15H,3-8,13H2,1-2H3. The van der Waals surface area contributed by atoms with Crippen LogP contribution in [0.5, 0.6) is 0 Å². The molecule has 1 fully saturated rings. The number of likely N-dealkylation sites (tertiary alicyclic amines) is 1. The van der Waals surface area contributed by atoms with E-state index in [1.165, 1.54) is 0 Å². The molecule has 3 N–H and O–H groups in total. The Bertz CT molecular complexity index is 238. The summed E-state index contributed by atoms with van der Waals surface area (Å²) in [5.74, 6) is 0.574. The molecule has 0 radical (unpaired) electrons. The molecule has 17 heavy (non-hydrogen) atoms. The summed E-state index contributed by atoms with van der Waals surface area (Å²) in [5.41, 5.74) is 5.42. The van der Waals surface area contributed by atoms with Gasteiger partial charge in [0.05, 0.1) is 12.7 Å². The average molecular weight is 244 g/mol. The highest BCUT2D eigenvalue weighted by Crippen LogP contribution is 2.20. The molecule has 1 amide bonds. The molecule has 1 aliphatic rings. The van der Waals surface area contributed by atoms with E-state index in [1.807, 2.05) is 13.8 Å². The van der Waals surface area contributed by atoms with E-state index in [0.29, 0.717) is 32.2 Å². The predicted molar refractivity (Wildman–Crippen MR) is 65.5 cm³/mol. The highest BCUT2D eigenvalue weighted by molar-refractivity contribution is 5.67. The topological polar surface area (TPSA) is 75.8 Å². The zero-order valence-electron chi connectivity index (χ0n) is 10.8. The van der Waals surface area contributed by atoms with E-state index in [1.54, 1.807) is 4.90 Å². The number of carbonyl (C=O) groups excluding carboxylic acids is 1. The van der Waals surface area contributed by atoms with Gasteiger partial charge in [0.1, 0.15) is 0 Å². The number of aliphatic hydroxyl groups excluding tert-OH is 1. The molecular formula is C12H24N2O3. The molecule has 0 aliphatic carbocycles. The van der Waals surface area contributed by atoms with Crippen molar-refractivity contribution in [1.29, 1.82) is 0 Å². The van der Waals surface area contributed by atoms with Crippen LogP contribution in [-0.4, -0.2) is 48.4 Å². The SMILES string of the molecule is CC(C)COC(=O)N1CCC(C(O)CN)CC1.